The number of benzene rings is 1. The Hall–Kier alpha value is -2.08. The predicted octanol–water partition coefficient (Wildman–Crippen LogP) is 1.52. The van der Waals surface area contributed by atoms with Crippen molar-refractivity contribution in [2.75, 3.05) is 26.3 Å². The van der Waals surface area contributed by atoms with Crippen LogP contribution in [0.5, 0.6) is 0 Å². The summed E-state index contributed by atoms with van der Waals surface area (Å²) in [6.07, 6.45) is 2.82. The van der Waals surface area contributed by atoms with Gasteiger partial charge in [-0.15, -0.1) is 0 Å². The molecule has 0 radical (unpaired) electrons. The molecule has 2 aliphatic heterocycles. The van der Waals surface area contributed by atoms with Gasteiger partial charge < -0.3 is 20.1 Å². The molecular formula is C19H24N2O4. The number of hydrogen-bond donors (Lipinski definition) is 2. The highest BCUT2D eigenvalue weighted by Gasteiger charge is 2.43. The molecule has 25 heavy (non-hydrogen) atoms. The standard InChI is InChI=1S/C19H24N2O4/c22-12-19(7-8-19)15-3-1-13(2-4-15)14-9-21(10-14)17(23)6-5-16-11-25-18(24)20-16/h1-4,14,16,22H,5-12H2,(H,20,24)/t16-/m1/s1. The normalized spacial score (nSPS) is 24.4. The molecule has 2 saturated heterocycles. The van der Waals surface area contributed by atoms with Crippen molar-refractivity contribution in [3.63, 3.8) is 0 Å². The van der Waals surface area contributed by atoms with Crippen LogP contribution >= 0.6 is 0 Å². The van der Waals surface area contributed by atoms with Gasteiger partial charge in [0.25, 0.3) is 0 Å². The molecule has 0 unspecified atom stereocenters. The monoisotopic (exact) mass is 344 g/mol. The molecule has 3 fully saturated rings. The molecule has 0 aromatic heterocycles. The molecule has 2 amide bonds. The summed E-state index contributed by atoms with van der Waals surface area (Å²) in [5.74, 6) is 0.544. The molecule has 1 aromatic rings. The fourth-order valence-electron chi connectivity index (χ4n) is 3.73. The van der Waals surface area contributed by atoms with Crippen molar-refractivity contribution in [3.8, 4) is 0 Å². The molecule has 3 aliphatic rings. The third-order valence-electron chi connectivity index (χ3n) is 5.83. The fourth-order valence-corrected chi connectivity index (χ4v) is 3.73. The zero-order valence-electron chi connectivity index (χ0n) is 14.2. The smallest absolute Gasteiger partial charge is 0.407 e. The lowest BCUT2D eigenvalue weighted by Gasteiger charge is -2.40. The van der Waals surface area contributed by atoms with Gasteiger partial charge in [0.2, 0.25) is 5.91 Å². The lowest BCUT2D eigenvalue weighted by Crippen LogP contribution is -2.48. The molecule has 2 N–H and O–H groups in total. The summed E-state index contributed by atoms with van der Waals surface area (Å²) in [4.78, 5) is 25.1. The van der Waals surface area contributed by atoms with E-state index in [1.165, 1.54) is 11.1 Å². The van der Waals surface area contributed by atoms with E-state index in [0.29, 0.717) is 25.4 Å². The van der Waals surface area contributed by atoms with Gasteiger partial charge in [-0.05, 0) is 30.4 Å². The van der Waals surface area contributed by atoms with E-state index in [9.17, 15) is 14.7 Å². The number of carbonyl (C=O) groups is 2. The molecule has 1 aliphatic carbocycles. The number of nitrogens with one attached hydrogen (secondary N) is 1. The molecule has 4 rings (SSSR count). The highest BCUT2D eigenvalue weighted by molar-refractivity contribution is 5.77. The number of ether oxygens (including phenoxy) is 1. The van der Waals surface area contributed by atoms with E-state index in [1.54, 1.807) is 0 Å². The van der Waals surface area contributed by atoms with Crippen molar-refractivity contribution in [2.45, 2.75) is 43.1 Å². The van der Waals surface area contributed by atoms with Crippen LogP contribution in [0.1, 0.15) is 42.7 Å². The Morgan fingerprint density at radius 1 is 1.28 bits per heavy atom. The zero-order valence-corrected chi connectivity index (χ0v) is 14.2. The van der Waals surface area contributed by atoms with Crippen LogP contribution in [-0.2, 0) is 14.9 Å². The molecular weight excluding hydrogens is 320 g/mol. The number of cyclic esters (lactones) is 1. The topological polar surface area (TPSA) is 78.9 Å². The van der Waals surface area contributed by atoms with Crippen molar-refractivity contribution in [2.24, 2.45) is 0 Å². The average Bonchev–Trinajstić information content (AvgIpc) is 3.28. The second-order valence-electron chi connectivity index (χ2n) is 7.53. The van der Waals surface area contributed by atoms with Crippen molar-refractivity contribution in [1.82, 2.24) is 10.2 Å². The molecule has 1 aromatic carbocycles. The van der Waals surface area contributed by atoms with Crippen LogP contribution in [0.4, 0.5) is 4.79 Å². The molecule has 1 atom stereocenters. The minimum Gasteiger partial charge on any atom is -0.447 e. The Labute approximate surface area is 147 Å². The zero-order chi connectivity index (χ0) is 17.4. The summed E-state index contributed by atoms with van der Waals surface area (Å²) < 4.78 is 4.83. The summed E-state index contributed by atoms with van der Waals surface area (Å²) in [5.41, 5.74) is 2.50. The first kappa shape index (κ1) is 16.4. The van der Waals surface area contributed by atoms with E-state index < -0.39 is 0 Å². The van der Waals surface area contributed by atoms with Gasteiger partial charge >= 0.3 is 6.09 Å². The number of likely N-dealkylation sites (tertiary alicyclic amines) is 1. The van der Waals surface area contributed by atoms with Crippen LogP contribution < -0.4 is 5.32 Å². The third-order valence-corrected chi connectivity index (χ3v) is 5.83. The predicted molar refractivity (Wildman–Crippen MR) is 91.3 cm³/mol. The molecule has 0 bridgehead atoms. The van der Waals surface area contributed by atoms with Gasteiger partial charge in [0.1, 0.15) is 6.61 Å². The van der Waals surface area contributed by atoms with Crippen LogP contribution in [-0.4, -0.2) is 54.4 Å². The van der Waals surface area contributed by atoms with Crippen LogP contribution in [0.15, 0.2) is 24.3 Å². The molecule has 6 nitrogen and oxygen atoms in total. The number of alkyl carbamates (subject to hydrolysis) is 1. The Morgan fingerprint density at radius 3 is 2.56 bits per heavy atom. The van der Waals surface area contributed by atoms with Gasteiger partial charge in [0.15, 0.2) is 0 Å². The number of aliphatic hydroxyl groups is 1. The van der Waals surface area contributed by atoms with Gasteiger partial charge in [-0.1, -0.05) is 24.3 Å². The van der Waals surface area contributed by atoms with E-state index in [0.717, 1.165) is 25.9 Å². The number of nitrogens with zero attached hydrogens (tertiary/aromatic N) is 1. The maximum Gasteiger partial charge on any atom is 0.407 e. The fraction of sp³-hybridized carbons (Fsp3) is 0.579. The van der Waals surface area contributed by atoms with Crippen molar-refractivity contribution < 1.29 is 19.4 Å². The van der Waals surface area contributed by atoms with Gasteiger partial charge in [-0.3, -0.25) is 4.79 Å². The summed E-state index contributed by atoms with van der Waals surface area (Å²) >= 11 is 0. The van der Waals surface area contributed by atoms with Crippen molar-refractivity contribution >= 4 is 12.0 Å². The summed E-state index contributed by atoms with van der Waals surface area (Å²) in [7, 11) is 0. The lowest BCUT2D eigenvalue weighted by molar-refractivity contribution is -0.135. The molecule has 6 heteroatoms. The molecule has 2 heterocycles. The second kappa shape index (κ2) is 6.33. The highest BCUT2D eigenvalue weighted by Crippen LogP contribution is 2.47. The first-order valence-electron chi connectivity index (χ1n) is 9.02. The van der Waals surface area contributed by atoms with Gasteiger partial charge in [0, 0.05) is 30.8 Å². The maximum absolute atomic E-state index is 12.2. The Bertz CT molecular complexity index is 663. The number of amides is 2. The third kappa shape index (κ3) is 3.23. The summed E-state index contributed by atoms with van der Waals surface area (Å²) in [5, 5.41) is 12.2. The molecule has 0 spiro atoms. The Balaban J connectivity index is 1.24. The Kier molecular flexibility index (Phi) is 4.15. The highest BCUT2D eigenvalue weighted by atomic mass is 16.6. The number of hydrogen-bond acceptors (Lipinski definition) is 4. The first-order valence-corrected chi connectivity index (χ1v) is 9.02. The largest absolute Gasteiger partial charge is 0.447 e. The number of rotatable bonds is 6. The molecule has 1 saturated carbocycles. The Morgan fingerprint density at radius 2 is 2.00 bits per heavy atom. The van der Waals surface area contributed by atoms with E-state index in [-0.39, 0.29) is 30.1 Å². The quantitative estimate of drug-likeness (QED) is 0.820. The lowest BCUT2D eigenvalue weighted by atomic mass is 9.88. The van der Waals surface area contributed by atoms with E-state index in [2.05, 4.69) is 29.6 Å². The van der Waals surface area contributed by atoms with Gasteiger partial charge in [-0.2, -0.15) is 0 Å². The SMILES string of the molecule is O=C1N[C@H](CCC(=O)N2CC(c3ccc(C4(CO)CC4)cc3)C2)CO1. The van der Waals surface area contributed by atoms with Crippen molar-refractivity contribution in [1.29, 1.82) is 0 Å². The molecule has 134 valence electrons. The van der Waals surface area contributed by atoms with E-state index >= 15 is 0 Å². The van der Waals surface area contributed by atoms with E-state index in [1.807, 2.05) is 4.90 Å². The van der Waals surface area contributed by atoms with Crippen LogP contribution in [0, 0.1) is 0 Å². The van der Waals surface area contributed by atoms with Crippen LogP contribution in [0.2, 0.25) is 0 Å². The second-order valence-corrected chi connectivity index (χ2v) is 7.53. The van der Waals surface area contributed by atoms with Crippen LogP contribution in [0.3, 0.4) is 0 Å². The summed E-state index contributed by atoms with van der Waals surface area (Å²) in [6, 6.07) is 8.51. The van der Waals surface area contributed by atoms with Crippen molar-refractivity contribution in [3.05, 3.63) is 35.4 Å². The number of aliphatic hydroxyl groups excluding tert-OH is 1. The van der Waals surface area contributed by atoms with E-state index in [4.69, 9.17) is 4.74 Å². The van der Waals surface area contributed by atoms with Gasteiger partial charge in [0.05, 0.1) is 12.6 Å². The minimum absolute atomic E-state index is 0.0134. The maximum atomic E-state index is 12.2. The minimum atomic E-state index is -0.390. The van der Waals surface area contributed by atoms with Gasteiger partial charge in [-0.25, -0.2) is 4.79 Å². The first-order chi connectivity index (χ1) is 12.1. The summed E-state index contributed by atoms with van der Waals surface area (Å²) in [6.45, 7) is 2.11. The average molecular weight is 344 g/mol. The number of carbonyl (C=O) groups excluding carboxylic acids is 2. The van der Waals surface area contributed by atoms with Crippen LogP contribution in [0.25, 0.3) is 0 Å².